The summed E-state index contributed by atoms with van der Waals surface area (Å²) >= 11 is 0. The fraction of sp³-hybridized carbons (Fsp3) is 0.500. The van der Waals surface area contributed by atoms with E-state index in [2.05, 4.69) is 9.97 Å². The molecule has 1 amide bonds. The first kappa shape index (κ1) is 16.6. The molecule has 0 saturated carbocycles. The fourth-order valence-corrected chi connectivity index (χ4v) is 3.41. The maximum atomic E-state index is 12.9. The zero-order valence-corrected chi connectivity index (χ0v) is 14.2. The van der Waals surface area contributed by atoms with Gasteiger partial charge in [0.2, 0.25) is 0 Å². The van der Waals surface area contributed by atoms with Crippen LogP contribution in [0.4, 0.5) is 0 Å². The number of aryl methyl sites for hydroxylation is 2. The summed E-state index contributed by atoms with van der Waals surface area (Å²) in [7, 11) is 1.88. The number of aliphatic hydroxyl groups excluding tert-OH is 1. The Hall–Kier alpha value is -2.21. The van der Waals surface area contributed by atoms with Crippen molar-refractivity contribution < 1.29 is 9.90 Å². The average molecular weight is 328 g/mol. The molecule has 1 saturated heterocycles. The average Bonchev–Trinajstić information content (AvgIpc) is 3.06. The van der Waals surface area contributed by atoms with Crippen molar-refractivity contribution in [1.29, 1.82) is 0 Å². The highest BCUT2D eigenvalue weighted by Gasteiger charge is 2.31. The molecule has 0 bridgehead atoms. The number of aromatic nitrogens is 3. The van der Waals surface area contributed by atoms with Gasteiger partial charge in [0.1, 0.15) is 11.9 Å². The third-order valence-corrected chi connectivity index (χ3v) is 4.83. The van der Waals surface area contributed by atoms with Crippen LogP contribution in [0, 0.1) is 5.92 Å². The number of amides is 1. The van der Waals surface area contributed by atoms with Gasteiger partial charge in [0, 0.05) is 56.4 Å². The first-order chi connectivity index (χ1) is 11.6. The molecule has 1 aliphatic heterocycles. The molecule has 0 spiro atoms. The number of imidazole rings is 1. The molecule has 3 rings (SSSR count). The highest BCUT2D eigenvalue weighted by molar-refractivity contribution is 5.95. The molecule has 2 aromatic rings. The number of pyridine rings is 1. The minimum absolute atomic E-state index is 0.00992. The zero-order chi connectivity index (χ0) is 17.1. The van der Waals surface area contributed by atoms with Crippen LogP contribution >= 0.6 is 0 Å². The van der Waals surface area contributed by atoms with E-state index in [0.29, 0.717) is 12.4 Å². The van der Waals surface area contributed by atoms with Gasteiger partial charge < -0.3 is 14.6 Å². The van der Waals surface area contributed by atoms with E-state index in [1.165, 1.54) is 0 Å². The Morgan fingerprint density at radius 3 is 3.00 bits per heavy atom. The lowest BCUT2D eigenvalue weighted by Crippen LogP contribution is -2.42. The van der Waals surface area contributed by atoms with Gasteiger partial charge in [0.05, 0.1) is 0 Å². The lowest BCUT2D eigenvalue weighted by atomic mass is 9.91. The summed E-state index contributed by atoms with van der Waals surface area (Å²) in [5.74, 6) is 0.703. The summed E-state index contributed by atoms with van der Waals surface area (Å²) in [5, 5.41) is 10.7. The summed E-state index contributed by atoms with van der Waals surface area (Å²) in [4.78, 5) is 23.1. The van der Waals surface area contributed by atoms with Crippen LogP contribution in [0.5, 0.6) is 0 Å². The van der Waals surface area contributed by atoms with E-state index in [-0.39, 0.29) is 11.8 Å². The van der Waals surface area contributed by atoms with E-state index in [4.69, 9.17) is 0 Å². The topological polar surface area (TPSA) is 71.2 Å². The molecule has 1 N–H and O–H groups in total. The standard InChI is InChI=1S/C18H24N4O2/c1-3-13-11-19-7-6-15(13)18(24)22-9-4-5-14(12-22)16(23)17-20-8-10-21(17)2/h6-8,10-11,14,16,23H,3-5,9,12H2,1-2H3. The van der Waals surface area contributed by atoms with Crippen molar-refractivity contribution in [3.8, 4) is 0 Å². The molecule has 0 radical (unpaired) electrons. The first-order valence-electron chi connectivity index (χ1n) is 8.49. The van der Waals surface area contributed by atoms with E-state index < -0.39 is 6.10 Å². The van der Waals surface area contributed by atoms with Gasteiger partial charge in [0.15, 0.2) is 0 Å². The number of piperidine rings is 1. The van der Waals surface area contributed by atoms with E-state index in [1.54, 1.807) is 24.7 Å². The summed E-state index contributed by atoms with van der Waals surface area (Å²) in [6, 6.07) is 1.79. The van der Waals surface area contributed by atoms with Crippen LogP contribution in [-0.4, -0.2) is 43.5 Å². The number of likely N-dealkylation sites (tertiary alicyclic amines) is 1. The van der Waals surface area contributed by atoms with Gasteiger partial charge in [0.25, 0.3) is 5.91 Å². The van der Waals surface area contributed by atoms with Crippen LogP contribution < -0.4 is 0 Å². The molecule has 0 aliphatic carbocycles. The second-order valence-electron chi connectivity index (χ2n) is 6.38. The van der Waals surface area contributed by atoms with Crippen LogP contribution in [0.2, 0.25) is 0 Å². The second-order valence-corrected chi connectivity index (χ2v) is 6.38. The van der Waals surface area contributed by atoms with Gasteiger partial charge in [-0.25, -0.2) is 4.98 Å². The first-order valence-corrected chi connectivity index (χ1v) is 8.49. The van der Waals surface area contributed by atoms with Crippen molar-refractivity contribution in [3.05, 3.63) is 47.8 Å². The van der Waals surface area contributed by atoms with Crippen molar-refractivity contribution in [2.24, 2.45) is 13.0 Å². The Kier molecular flexibility index (Phi) is 4.94. The smallest absolute Gasteiger partial charge is 0.254 e. The number of carbonyl (C=O) groups excluding carboxylic acids is 1. The van der Waals surface area contributed by atoms with Crippen molar-refractivity contribution >= 4 is 5.91 Å². The van der Waals surface area contributed by atoms with Gasteiger partial charge >= 0.3 is 0 Å². The molecular weight excluding hydrogens is 304 g/mol. The third kappa shape index (κ3) is 3.19. The van der Waals surface area contributed by atoms with Crippen molar-refractivity contribution in [3.63, 3.8) is 0 Å². The van der Waals surface area contributed by atoms with Gasteiger partial charge in [-0.1, -0.05) is 6.92 Å². The molecule has 3 heterocycles. The fourth-order valence-electron chi connectivity index (χ4n) is 3.41. The zero-order valence-electron chi connectivity index (χ0n) is 14.2. The monoisotopic (exact) mass is 328 g/mol. The molecule has 2 atom stereocenters. The van der Waals surface area contributed by atoms with Crippen LogP contribution in [0.25, 0.3) is 0 Å². The Bertz CT molecular complexity index is 713. The maximum Gasteiger partial charge on any atom is 0.254 e. The Morgan fingerprint density at radius 1 is 1.46 bits per heavy atom. The lowest BCUT2D eigenvalue weighted by molar-refractivity contribution is 0.0357. The van der Waals surface area contributed by atoms with Crippen molar-refractivity contribution in [2.45, 2.75) is 32.3 Å². The summed E-state index contributed by atoms with van der Waals surface area (Å²) in [6.45, 7) is 3.31. The molecule has 128 valence electrons. The highest BCUT2D eigenvalue weighted by atomic mass is 16.3. The summed E-state index contributed by atoms with van der Waals surface area (Å²) in [6.07, 6.45) is 8.86. The van der Waals surface area contributed by atoms with Gasteiger partial charge in [-0.3, -0.25) is 9.78 Å². The van der Waals surface area contributed by atoms with Gasteiger partial charge in [-0.05, 0) is 30.9 Å². The number of hydrogen-bond donors (Lipinski definition) is 1. The Labute approximate surface area is 142 Å². The van der Waals surface area contributed by atoms with Crippen LogP contribution in [0.1, 0.15) is 47.6 Å². The lowest BCUT2D eigenvalue weighted by Gasteiger charge is -2.35. The molecule has 1 aliphatic rings. The molecule has 24 heavy (non-hydrogen) atoms. The highest BCUT2D eigenvalue weighted by Crippen LogP contribution is 2.29. The van der Waals surface area contributed by atoms with Crippen LogP contribution in [0.3, 0.4) is 0 Å². The summed E-state index contributed by atoms with van der Waals surface area (Å²) in [5.41, 5.74) is 1.69. The maximum absolute atomic E-state index is 12.9. The molecule has 6 heteroatoms. The SMILES string of the molecule is CCc1cnccc1C(=O)N1CCCC(C(O)c2nccn2C)C1. The summed E-state index contributed by atoms with van der Waals surface area (Å²) < 4.78 is 1.84. The van der Waals surface area contributed by atoms with E-state index in [9.17, 15) is 9.90 Å². The Morgan fingerprint density at radius 2 is 2.29 bits per heavy atom. The minimum atomic E-state index is -0.649. The van der Waals surface area contributed by atoms with Crippen molar-refractivity contribution in [2.75, 3.05) is 13.1 Å². The number of hydrogen-bond acceptors (Lipinski definition) is 4. The molecular formula is C18H24N4O2. The molecule has 2 unspecified atom stereocenters. The van der Waals surface area contributed by atoms with E-state index >= 15 is 0 Å². The number of nitrogens with zero attached hydrogens (tertiary/aromatic N) is 4. The third-order valence-electron chi connectivity index (χ3n) is 4.83. The minimum Gasteiger partial charge on any atom is -0.385 e. The normalized spacial score (nSPS) is 19.3. The van der Waals surface area contributed by atoms with Crippen molar-refractivity contribution in [1.82, 2.24) is 19.4 Å². The Balaban J connectivity index is 1.76. The largest absolute Gasteiger partial charge is 0.385 e. The molecule has 2 aromatic heterocycles. The molecule has 0 aromatic carbocycles. The number of carbonyl (C=O) groups is 1. The quantitative estimate of drug-likeness (QED) is 0.931. The molecule has 6 nitrogen and oxygen atoms in total. The predicted octanol–water partition coefficient (Wildman–Crippen LogP) is 1.96. The van der Waals surface area contributed by atoms with Crippen LogP contribution in [-0.2, 0) is 13.5 Å². The predicted molar refractivity (Wildman–Crippen MR) is 90.4 cm³/mol. The molecule has 1 fully saturated rings. The van der Waals surface area contributed by atoms with Gasteiger partial charge in [-0.15, -0.1) is 0 Å². The number of rotatable bonds is 4. The second kappa shape index (κ2) is 7.13. The van der Waals surface area contributed by atoms with Crippen LogP contribution in [0.15, 0.2) is 30.9 Å². The van der Waals surface area contributed by atoms with E-state index in [1.807, 2.05) is 29.6 Å². The number of aliphatic hydroxyl groups is 1. The van der Waals surface area contributed by atoms with E-state index in [0.717, 1.165) is 36.9 Å². The van der Waals surface area contributed by atoms with Gasteiger partial charge in [-0.2, -0.15) is 0 Å².